The quantitative estimate of drug-likeness (QED) is 0.736. The van der Waals surface area contributed by atoms with Gasteiger partial charge in [-0.1, -0.05) is 25.1 Å². The Bertz CT molecular complexity index is 694. The van der Waals surface area contributed by atoms with Crippen LogP contribution in [0.5, 0.6) is 0 Å². The number of aliphatic hydroxyl groups is 2. The number of hydrogen-bond acceptors (Lipinski definition) is 4. The Morgan fingerprint density at radius 3 is 2.91 bits per heavy atom. The molecule has 7 rings (SSSR count). The minimum Gasteiger partial charge on any atom is -0.392 e. The maximum Gasteiger partial charge on any atom is 0.111 e. The largest absolute Gasteiger partial charge is 0.392 e. The highest BCUT2D eigenvalue weighted by atomic mass is 16.3. The number of fused-ring (bicyclic) bond motifs is 2. The second kappa shape index (κ2) is 3.93. The van der Waals surface area contributed by atoms with Crippen molar-refractivity contribution in [3.05, 3.63) is 29.8 Å². The van der Waals surface area contributed by atoms with Gasteiger partial charge in [0.2, 0.25) is 0 Å². The molecule has 0 radical (unpaired) electrons. The molecular weight excluding hydrogens is 288 g/mol. The Balaban J connectivity index is 1.57. The topological polar surface area (TPSA) is 55.7 Å². The summed E-state index contributed by atoms with van der Waals surface area (Å²) in [5, 5.41) is 26.1. The number of piperidine rings is 4. The van der Waals surface area contributed by atoms with E-state index in [1.807, 2.05) is 0 Å². The molecule has 5 aliphatic heterocycles. The van der Waals surface area contributed by atoms with Crippen LogP contribution in [0.25, 0.3) is 0 Å². The van der Waals surface area contributed by atoms with Crippen LogP contribution < -0.4 is 5.32 Å². The molecule has 1 saturated carbocycles. The van der Waals surface area contributed by atoms with Gasteiger partial charge in [0.25, 0.3) is 0 Å². The van der Waals surface area contributed by atoms with Crippen molar-refractivity contribution in [1.29, 1.82) is 0 Å². The molecule has 5 heterocycles. The van der Waals surface area contributed by atoms with Crippen molar-refractivity contribution in [3.63, 3.8) is 0 Å². The number of hydrogen-bond donors (Lipinski definition) is 3. The first-order valence-electron chi connectivity index (χ1n) is 9.18. The van der Waals surface area contributed by atoms with Crippen molar-refractivity contribution < 1.29 is 10.2 Å². The van der Waals surface area contributed by atoms with E-state index in [0.717, 1.165) is 19.3 Å². The minimum absolute atomic E-state index is 0.135. The zero-order chi connectivity index (χ0) is 15.5. The van der Waals surface area contributed by atoms with Crippen LogP contribution in [0.1, 0.15) is 31.7 Å². The molecule has 4 heteroatoms. The molecule has 3 N–H and O–H groups in total. The van der Waals surface area contributed by atoms with E-state index in [1.54, 1.807) is 0 Å². The highest BCUT2D eigenvalue weighted by Gasteiger charge is 2.75. The van der Waals surface area contributed by atoms with E-state index in [4.69, 9.17) is 0 Å². The van der Waals surface area contributed by atoms with Gasteiger partial charge in [0.05, 0.1) is 12.1 Å². The van der Waals surface area contributed by atoms with Crippen LogP contribution in [-0.2, 0) is 5.41 Å². The molecule has 1 aromatic carbocycles. The summed E-state index contributed by atoms with van der Waals surface area (Å²) >= 11 is 0. The van der Waals surface area contributed by atoms with E-state index in [-0.39, 0.29) is 23.8 Å². The zero-order valence-electron chi connectivity index (χ0n) is 13.4. The Kier molecular flexibility index (Phi) is 2.26. The molecule has 1 aliphatic carbocycles. The van der Waals surface area contributed by atoms with Crippen molar-refractivity contribution in [2.75, 3.05) is 5.32 Å². The van der Waals surface area contributed by atoms with E-state index in [0.29, 0.717) is 29.8 Å². The smallest absolute Gasteiger partial charge is 0.111 e. The lowest BCUT2D eigenvalue weighted by molar-refractivity contribution is -0.210. The number of para-hydroxylation sites is 1. The zero-order valence-corrected chi connectivity index (χ0v) is 13.4. The fourth-order valence-corrected chi connectivity index (χ4v) is 7.40. The van der Waals surface area contributed by atoms with Gasteiger partial charge in [-0.2, -0.15) is 0 Å². The summed E-state index contributed by atoms with van der Waals surface area (Å²) in [5.74, 6) is 1.13. The van der Waals surface area contributed by atoms with Crippen LogP contribution in [0.15, 0.2) is 24.3 Å². The number of nitrogens with one attached hydrogen (secondary N) is 1. The van der Waals surface area contributed by atoms with Crippen LogP contribution in [0.2, 0.25) is 0 Å². The molecule has 5 bridgehead atoms. The second-order valence-corrected chi connectivity index (χ2v) is 8.40. The Morgan fingerprint density at radius 2 is 2.09 bits per heavy atom. The first-order chi connectivity index (χ1) is 11.2. The number of rotatable bonds is 1. The van der Waals surface area contributed by atoms with Gasteiger partial charge in [-0.25, -0.2) is 0 Å². The number of nitrogens with zero attached hydrogens (tertiary/aromatic N) is 1. The van der Waals surface area contributed by atoms with Gasteiger partial charge in [0.15, 0.2) is 0 Å². The van der Waals surface area contributed by atoms with Crippen molar-refractivity contribution in [1.82, 2.24) is 4.90 Å². The van der Waals surface area contributed by atoms with Crippen LogP contribution >= 0.6 is 0 Å². The van der Waals surface area contributed by atoms with Gasteiger partial charge in [-0.3, -0.25) is 4.90 Å². The highest BCUT2D eigenvalue weighted by Crippen LogP contribution is 2.67. The average molecular weight is 312 g/mol. The number of aliphatic hydroxyl groups excluding tert-OH is 2. The minimum atomic E-state index is -0.321. The van der Waals surface area contributed by atoms with Gasteiger partial charge in [0.1, 0.15) is 6.23 Å². The Labute approximate surface area is 136 Å². The molecule has 1 aromatic rings. The third-order valence-electron chi connectivity index (χ3n) is 8.05. The second-order valence-electron chi connectivity index (χ2n) is 8.40. The third kappa shape index (κ3) is 1.20. The molecule has 0 amide bonds. The number of benzene rings is 1. The lowest BCUT2D eigenvalue weighted by atomic mass is 9.63. The summed E-state index contributed by atoms with van der Waals surface area (Å²) in [5.41, 5.74) is 2.38. The average Bonchev–Trinajstić information content (AvgIpc) is 3.02. The first kappa shape index (κ1) is 13.2. The Hall–Kier alpha value is -1.10. The van der Waals surface area contributed by atoms with Crippen LogP contribution in [0.3, 0.4) is 0 Å². The van der Waals surface area contributed by atoms with Gasteiger partial charge >= 0.3 is 0 Å². The lowest BCUT2D eigenvalue weighted by Gasteiger charge is -2.61. The maximum atomic E-state index is 11.5. The van der Waals surface area contributed by atoms with Crippen LogP contribution in [0.4, 0.5) is 5.69 Å². The van der Waals surface area contributed by atoms with Crippen molar-refractivity contribution in [2.24, 2.45) is 17.8 Å². The molecule has 4 nitrogen and oxygen atoms in total. The van der Waals surface area contributed by atoms with Gasteiger partial charge < -0.3 is 15.5 Å². The van der Waals surface area contributed by atoms with E-state index in [1.165, 1.54) is 11.3 Å². The molecule has 4 saturated heterocycles. The summed E-state index contributed by atoms with van der Waals surface area (Å²) in [6.07, 6.45) is 2.52. The molecule has 10 atom stereocenters. The predicted molar refractivity (Wildman–Crippen MR) is 87.0 cm³/mol. The predicted octanol–water partition coefficient (Wildman–Crippen LogP) is 1.53. The number of anilines is 1. The van der Waals surface area contributed by atoms with Crippen molar-refractivity contribution in [3.8, 4) is 0 Å². The van der Waals surface area contributed by atoms with Crippen molar-refractivity contribution >= 4 is 5.69 Å². The highest BCUT2D eigenvalue weighted by molar-refractivity contribution is 5.65. The van der Waals surface area contributed by atoms with E-state index in [9.17, 15) is 10.2 Å². The molecule has 2 unspecified atom stereocenters. The summed E-state index contributed by atoms with van der Waals surface area (Å²) in [7, 11) is 0. The lowest BCUT2D eigenvalue weighted by Crippen LogP contribution is -2.71. The van der Waals surface area contributed by atoms with Crippen LogP contribution in [-0.4, -0.2) is 45.6 Å². The van der Waals surface area contributed by atoms with Gasteiger partial charge in [0, 0.05) is 35.0 Å². The van der Waals surface area contributed by atoms with E-state index >= 15 is 0 Å². The van der Waals surface area contributed by atoms with Crippen molar-refractivity contribution in [2.45, 2.75) is 62.1 Å². The monoisotopic (exact) mass is 312 g/mol. The normalized spacial score (nSPS) is 57.3. The van der Waals surface area contributed by atoms with Gasteiger partial charge in [-0.05, 0) is 36.8 Å². The first-order valence-corrected chi connectivity index (χ1v) is 9.18. The third-order valence-corrected chi connectivity index (χ3v) is 8.05. The summed E-state index contributed by atoms with van der Waals surface area (Å²) < 4.78 is 0. The standard InChI is InChI=1S/C19H24N2O2/c1-2-9-10-7-13-16-19(11-5-3-4-6-12(11)20-16)8-14(15(10)17(19)22)21(13)18(9)23/h3-6,9-10,13-18,20,22-23H,2,7-8H2,1H3/t9-,10+,13-,14-,15?,16-,17+,18+,19+/m0/s1. The Morgan fingerprint density at radius 1 is 1.26 bits per heavy atom. The molecule has 122 valence electrons. The van der Waals surface area contributed by atoms with Crippen LogP contribution in [0, 0.1) is 17.8 Å². The molecule has 5 fully saturated rings. The van der Waals surface area contributed by atoms with E-state index < -0.39 is 0 Å². The molecule has 23 heavy (non-hydrogen) atoms. The van der Waals surface area contributed by atoms with E-state index in [2.05, 4.69) is 41.4 Å². The summed E-state index contributed by atoms with van der Waals surface area (Å²) in [4.78, 5) is 2.39. The molecule has 1 spiro atoms. The SMILES string of the molecule is CC[C@@H]1[C@@H](O)N2[C@H]3C[C@@]45c6ccccc6N[C@H]4[C@@H]2C[C@H]1C3[C@H]5O. The van der Waals surface area contributed by atoms with Gasteiger partial charge in [-0.15, -0.1) is 0 Å². The molecular formula is C19H24N2O2. The molecule has 6 aliphatic rings. The maximum absolute atomic E-state index is 11.5. The summed E-state index contributed by atoms with van der Waals surface area (Å²) in [6.45, 7) is 2.18. The fourth-order valence-electron chi connectivity index (χ4n) is 7.40. The summed E-state index contributed by atoms with van der Waals surface area (Å²) in [6, 6.07) is 9.50. The fraction of sp³-hybridized carbons (Fsp3) is 0.684. The molecule has 0 aromatic heterocycles.